The molecular formula is C15H9Cl2N5O. The Morgan fingerprint density at radius 3 is 2.43 bits per heavy atom. The van der Waals surface area contributed by atoms with E-state index in [0.29, 0.717) is 33.0 Å². The van der Waals surface area contributed by atoms with Crippen LogP contribution in [0.4, 0.5) is 0 Å². The van der Waals surface area contributed by atoms with Crippen molar-refractivity contribution in [1.82, 2.24) is 19.7 Å². The maximum Gasteiger partial charge on any atom is 0.250 e. The maximum absolute atomic E-state index is 8.76. The zero-order valence-electron chi connectivity index (χ0n) is 11.6. The molecule has 0 bridgehead atoms. The first kappa shape index (κ1) is 15.3. The monoisotopic (exact) mass is 345 g/mol. The molecule has 0 saturated heterocycles. The van der Waals surface area contributed by atoms with Crippen LogP contribution in [0, 0.1) is 11.3 Å². The summed E-state index contributed by atoms with van der Waals surface area (Å²) in [5.74, 6) is 0.812. The summed E-state index contributed by atoms with van der Waals surface area (Å²) in [6.07, 6.45) is 4.64. The van der Waals surface area contributed by atoms with E-state index in [1.54, 1.807) is 30.5 Å². The van der Waals surface area contributed by atoms with Gasteiger partial charge < -0.3 is 4.74 Å². The van der Waals surface area contributed by atoms with Crippen LogP contribution in [0.2, 0.25) is 10.0 Å². The molecule has 0 spiro atoms. The number of benzene rings is 1. The van der Waals surface area contributed by atoms with Crippen LogP contribution < -0.4 is 4.74 Å². The van der Waals surface area contributed by atoms with Gasteiger partial charge in [-0.2, -0.15) is 10.4 Å². The van der Waals surface area contributed by atoms with Crippen molar-refractivity contribution in [2.45, 2.75) is 6.61 Å². The van der Waals surface area contributed by atoms with Crippen molar-refractivity contribution < 1.29 is 4.74 Å². The van der Waals surface area contributed by atoms with E-state index >= 15 is 0 Å². The minimum Gasteiger partial charge on any atom is -0.486 e. The van der Waals surface area contributed by atoms with Gasteiger partial charge in [0.25, 0.3) is 5.95 Å². The summed E-state index contributed by atoms with van der Waals surface area (Å²) in [4.78, 5) is 8.29. The average molecular weight is 346 g/mol. The van der Waals surface area contributed by atoms with E-state index < -0.39 is 0 Å². The highest BCUT2D eigenvalue weighted by Gasteiger charge is 2.08. The second-order valence-corrected chi connectivity index (χ2v) is 5.28. The lowest BCUT2D eigenvalue weighted by Crippen LogP contribution is -2.03. The van der Waals surface area contributed by atoms with Crippen molar-refractivity contribution in [2.75, 3.05) is 0 Å². The van der Waals surface area contributed by atoms with Gasteiger partial charge in [-0.25, -0.2) is 14.6 Å². The van der Waals surface area contributed by atoms with Crippen LogP contribution in [0.1, 0.15) is 11.3 Å². The molecule has 3 rings (SSSR count). The van der Waals surface area contributed by atoms with Crippen LogP contribution in [-0.2, 0) is 6.61 Å². The van der Waals surface area contributed by atoms with Gasteiger partial charge in [0.05, 0.1) is 12.4 Å². The Bertz CT molecular complexity index is 850. The van der Waals surface area contributed by atoms with E-state index in [4.69, 9.17) is 33.2 Å². The van der Waals surface area contributed by atoms with E-state index in [2.05, 4.69) is 15.1 Å². The molecule has 0 amide bonds. The lowest BCUT2D eigenvalue weighted by Gasteiger charge is -2.09. The van der Waals surface area contributed by atoms with E-state index in [0.717, 1.165) is 0 Å². The van der Waals surface area contributed by atoms with Gasteiger partial charge in [0.2, 0.25) is 0 Å². The molecule has 0 unspecified atom stereocenters. The largest absolute Gasteiger partial charge is 0.486 e. The van der Waals surface area contributed by atoms with Crippen LogP contribution in [0.15, 0.2) is 42.9 Å². The standard InChI is InChI=1S/C15H9Cl2N5O/c16-13-2-1-3-14(17)12(13)9-23-11-7-19-15(20-8-11)22-5-4-10(6-18)21-22/h1-5,7-8H,9H2. The lowest BCUT2D eigenvalue weighted by molar-refractivity contribution is 0.303. The highest BCUT2D eigenvalue weighted by Crippen LogP contribution is 2.25. The molecule has 0 fully saturated rings. The van der Waals surface area contributed by atoms with Gasteiger partial charge in [0.15, 0.2) is 11.4 Å². The second-order valence-electron chi connectivity index (χ2n) is 4.47. The Morgan fingerprint density at radius 2 is 1.83 bits per heavy atom. The maximum atomic E-state index is 8.76. The molecule has 2 aromatic heterocycles. The van der Waals surface area contributed by atoms with E-state index in [-0.39, 0.29) is 6.61 Å². The Morgan fingerprint density at radius 1 is 1.13 bits per heavy atom. The quantitative estimate of drug-likeness (QED) is 0.723. The zero-order valence-corrected chi connectivity index (χ0v) is 13.2. The fraction of sp³-hybridized carbons (Fsp3) is 0.0667. The number of nitrogens with zero attached hydrogens (tertiary/aromatic N) is 5. The summed E-state index contributed by atoms with van der Waals surface area (Å²) >= 11 is 12.2. The fourth-order valence-corrected chi connectivity index (χ4v) is 2.33. The van der Waals surface area contributed by atoms with Gasteiger partial charge in [-0.15, -0.1) is 0 Å². The smallest absolute Gasteiger partial charge is 0.250 e. The van der Waals surface area contributed by atoms with Crippen molar-refractivity contribution in [2.24, 2.45) is 0 Å². The van der Waals surface area contributed by atoms with Crippen molar-refractivity contribution in [1.29, 1.82) is 5.26 Å². The molecule has 0 atom stereocenters. The summed E-state index contributed by atoms with van der Waals surface area (Å²) in [5, 5.41) is 13.8. The number of hydrogen-bond acceptors (Lipinski definition) is 5. The van der Waals surface area contributed by atoms with Gasteiger partial charge in [0.1, 0.15) is 12.7 Å². The Labute approximate surface area is 141 Å². The predicted octanol–water partition coefficient (Wildman–Crippen LogP) is 3.42. The van der Waals surface area contributed by atoms with Crippen molar-refractivity contribution in [3.63, 3.8) is 0 Å². The van der Waals surface area contributed by atoms with Crippen LogP contribution in [-0.4, -0.2) is 19.7 Å². The topological polar surface area (TPSA) is 76.6 Å². The summed E-state index contributed by atoms with van der Waals surface area (Å²) in [6, 6.07) is 8.78. The van der Waals surface area contributed by atoms with Crippen molar-refractivity contribution >= 4 is 23.2 Å². The molecule has 0 aliphatic heterocycles. The van der Waals surface area contributed by atoms with Gasteiger partial charge in [-0.1, -0.05) is 29.3 Å². The molecule has 1 aromatic carbocycles. The van der Waals surface area contributed by atoms with E-state index in [1.807, 2.05) is 6.07 Å². The molecule has 6 nitrogen and oxygen atoms in total. The molecule has 0 aliphatic carbocycles. The third-order valence-corrected chi connectivity index (χ3v) is 3.68. The van der Waals surface area contributed by atoms with Crippen LogP contribution in [0.25, 0.3) is 5.95 Å². The number of rotatable bonds is 4. The molecule has 8 heteroatoms. The third-order valence-electron chi connectivity index (χ3n) is 2.97. The number of hydrogen-bond donors (Lipinski definition) is 0. The number of ether oxygens (including phenoxy) is 1. The number of halogens is 2. The number of aromatic nitrogens is 4. The van der Waals surface area contributed by atoms with Crippen molar-refractivity contribution in [3.8, 4) is 17.8 Å². The van der Waals surface area contributed by atoms with Gasteiger partial charge in [-0.3, -0.25) is 0 Å². The predicted molar refractivity (Wildman–Crippen MR) is 84.7 cm³/mol. The van der Waals surface area contributed by atoms with E-state index in [9.17, 15) is 0 Å². The summed E-state index contributed by atoms with van der Waals surface area (Å²) in [5.41, 5.74) is 0.993. The van der Waals surface area contributed by atoms with E-state index in [1.165, 1.54) is 17.1 Å². The fourth-order valence-electron chi connectivity index (χ4n) is 1.82. The molecule has 0 aliphatic rings. The minimum atomic E-state index is 0.210. The molecule has 23 heavy (non-hydrogen) atoms. The van der Waals surface area contributed by atoms with Crippen LogP contribution >= 0.6 is 23.2 Å². The van der Waals surface area contributed by atoms with Gasteiger partial charge in [-0.05, 0) is 18.2 Å². The summed E-state index contributed by atoms with van der Waals surface area (Å²) in [7, 11) is 0. The average Bonchev–Trinajstić information content (AvgIpc) is 3.04. The molecule has 0 saturated carbocycles. The SMILES string of the molecule is N#Cc1ccn(-c2ncc(OCc3c(Cl)cccc3Cl)cn2)n1. The molecule has 0 N–H and O–H groups in total. The van der Waals surface area contributed by atoms with Gasteiger partial charge in [0, 0.05) is 21.8 Å². The second kappa shape index (κ2) is 6.65. The lowest BCUT2D eigenvalue weighted by atomic mass is 10.2. The third kappa shape index (κ3) is 3.42. The highest BCUT2D eigenvalue weighted by atomic mass is 35.5. The first-order valence-electron chi connectivity index (χ1n) is 6.51. The molecule has 114 valence electrons. The van der Waals surface area contributed by atoms with Crippen LogP contribution in [0.3, 0.4) is 0 Å². The Hall–Kier alpha value is -2.62. The summed E-state index contributed by atoms with van der Waals surface area (Å²) in [6.45, 7) is 0.210. The number of nitriles is 1. The first-order chi connectivity index (χ1) is 11.2. The molecule has 3 aromatic rings. The zero-order chi connectivity index (χ0) is 16.2. The first-order valence-corrected chi connectivity index (χ1v) is 7.27. The highest BCUT2D eigenvalue weighted by molar-refractivity contribution is 6.35. The molecule has 2 heterocycles. The van der Waals surface area contributed by atoms with Crippen molar-refractivity contribution in [3.05, 3.63) is 64.2 Å². The Balaban J connectivity index is 1.72. The molecule has 0 radical (unpaired) electrons. The Kier molecular flexibility index (Phi) is 4.42. The normalized spacial score (nSPS) is 10.3. The van der Waals surface area contributed by atoms with Crippen LogP contribution in [0.5, 0.6) is 5.75 Å². The summed E-state index contributed by atoms with van der Waals surface area (Å²) < 4.78 is 7.01. The minimum absolute atomic E-state index is 0.210. The molecular weight excluding hydrogens is 337 g/mol. The van der Waals surface area contributed by atoms with Gasteiger partial charge >= 0.3 is 0 Å².